The number of nitrogens with zero attached hydrogens (tertiary/aromatic N) is 4. The minimum Gasteiger partial charge on any atom is -0.351 e. The average molecular weight is 251 g/mol. The highest BCUT2D eigenvalue weighted by molar-refractivity contribution is 5.91. The van der Waals surface area contributed by atoms with Crippen LogP contribution in [0.4, 0.5) is 0 Å². The average Bonchev–Trinajstić information content (AvgIpc) is 2.99. The van der Waals surface area contributed by atoms with Gasteiger partial charge in [-0.1, -0.05) is 5.21 Å². The molecule has 6 nitrogen and oxygen atoms in total. The van der Waals surface area contributed by atoms with Crippen molar-refractivity contribution in [1.29, 1.82) is 0 Å². The molecule has 0 aromatic carbocycles. The molecule has 18 heavy (non-hydrogen) atoms. The molecule has 0 unspecified atom stereocenters. The Balaban J connectivity index is 1.56. The van der Waals surface area contributed by atoms with Gasteiger partial charge in [0.15, 0.2) is 5.69 Å². The Morgan fingerprint density at radius 2 is 2.17 bits per heavy atom. The van der Waals surface area contributed by atoms with E-state index in [1.54, 1.807) is 13.2 Å². The van der Waals surface area contributed by atoms with E-state index in [4.69, 9.17) is 0 Å². The standard InChI is InChI=1S/C12H21N5O/c1-16-10-11(14-15-16)12(18)13-6-2-3-7-17-8-4-5-9-17/h10H,2-9H2,1H3,(H,13,18). The molecule has 1 amide bonds. The topological polar surface area (TPSA) is 63.1 Å². The molecule has 100 valence electrons. The summed E-state index contributed by atoms with van der Waals surface area (Å²) in [6.07, 6.45) is 6.45. The van der Waals surface area contributed by atoms with Gasteiger partial charge in [0, 0.05) is 13.6 Å². The third kappa shape index (κ3) is 3.80. The Morgan fingerprint density at radius 3 is 2.83 bits per heavy atom. The van der Waals surface area contributed by atoms with Crippen LogP contribution in [0, 0.1) is 0 Å². The molecule has 1 N–H and O–H groups in total. The first-order valence-electron chi connectivity index (χ1n) is 6.62. The summed E-state index contributed by atoms with van der Waals surface area (Å²) in [5, 5.41) is 10.4. The van der Waals surface area contributed by atoms with Crippen molar-refractivity contribution in [3.63, 3.8) is 0 Å². The lowest BCUT2D eigenvalue weighted by Crippen LogP contribution is -2.26. The molecule has 2 heterocycles. The van der Waals surface area contributed by atoms with E-state index >= 15 is 0 Å². The predicted octanol–water partition coefficient (Wildman–Crippen LogP) is 0.421. The highest BCUT2D eigenvalue weighted by atomic mass is 16.1. The maximum Gasteiger partial charge on any atom is 0.273 e. The molecule has 0 bridgehead atoms. The van der Waals surface area contributed by atoms with Gasteiger partial charge in [-0.05, 0) is 45.3 Å². The largest absolute Gasteiger partial charge is 0.351 e. The lowest BCUT2D eigenvalue weighted by atomic mass is 10.3. The smallest absolute Gasteiger partial charge is 0.273 e. The third-order valence-corrected chi connectivity index (χ3v) is 3.22. The van der Waals surface area contributed by atoms with Crippen molar-refractivity contribution in [3.8, 4) is 0 Å². The van der Waals surface area contributed by atoms with E-state index in [2.05, 4.69) is 20.5 Å². The number of amides is 1. The first-order valence-corrected chi connectivity index (χ1v) is 6.62. The zero-order chi connectivity index (χ0) is 12.8. The summed E-state index contributed by atoms with van der Waals surface area (Å²) in [6, 6.07) is 0. The Kier molecular flexibility index (Phi) is 4.69. The molecular formula is C12H21N5O. The number of hydrogen-bond acceptors (Lipinski definition) is 4. The molecule has 2 rings (SSSR count). The van der Waals surface area contributed by atoms with E-state index < -0.39 is 0 Å². The number of unbranched alkanes of at least 4 members (excludes halogenated alkanes) is 1. The Labute approximate surface area is 107 Å². The first kappa shape index (κ1) is 13.0. The SMILES string of the molecule is Cn1cc(C(=O)NCCCCN2CCCC2)nn1. The minimum atomic E-state index is -0.135. The summed E-state index contributed by atoms with van der Waals surface area (Å²) in [5.41, 5.74) is 0.386. The van der Waals surface area contributed by atoms with Gasteiger partial charge < -0.3 is 10.2 Å². The highest BCUT2D eigenvalue weighted by Crippen LogP contribution is 2.07. The molecule has 1 aliphatic heterocycles. The Morgan fingerprint density at radius 1 is 1.39 bits per heavy atom. The molecule has 1 aromatic rings. The molecule has 0 spiro atoms. The number of rotatable bonds is 6. The van der Waals surface area contributed by atoms with E-state index in [0.717, 1.165) is 19.4 Å². The van der Waals surface area contributed by atoms with Gasteiger partial charge in [-0.15, -0.1) is 5.10 Å². The molecule has 1 aliphatic rings. The lowest BCUT2D eigenvalue weighted by Gasteiger charge is -2.13. The van der Waals surface area contributed by atoms with Gasteiger partial charge in [0.25, 0.3) is 5.91 Å². The zero-order valence-electron chi connectivity index (χ0n) is 10.9. The van der Waals surface area contributed by atoms with Crippen LogP contribution in [-0.4, -0.2) is 52.0 Å². The fourth-order valence-corrected chi connectivity index (χ4v) is 2.21. The van der Waals surface area contributed by atoms with Crippen LogP contribution < -0.4 is 5.32 Å². The maximum atomic E-state index is 11.6. The van der Waals surface area contributed by atoms with E-state index in [1.807, 2.05) is 0 Å². The van der Waals surface area contributed by atoms with E-state index in [1.165, 1.54) is 30.6 Å². The van der Waals surface area contributed by atoms with Gasteiger partial charge >= 0.3 is 0 Å². The Hall–Kier alpha value is -1.43. The predicted molar refractivity (Wildman–Crippen MR) is 68.2 cm³/mol. The van der Waals surface area contributed by atoms with Crippen LogP contribution in [0.5, 0.6) is 0 Å². The number of aryl methyl sites for hydroxylation is 1. The molecule has 0 aliphatic carbocycles. The van der Waals surface area contributed by atoms with Crippen LogP contribution in [0.25, 0.3) is 0 Å². The van der Waals surface area contributed by atoms with Crippen molar-refractivity contribution in [2.45, 2.75) is 25.7 Å². The van der Waals surface area contributed by atoms with Crippen LogP contribution in [0.15, 0.2) is 6.20 Å². The van der Waals surface area contributed by atoms with Crippen LogP contribution >= 0.6 is 0 Å². The van der Waals surface area contributed by atoms with Gasteiger partial charge in [-0.25, -0.2) is 0 Å². The van der Waals surface area contributed by atoms with Crippen molar-refractivity contribution >= 4 is 5.91 Å². The number of likely N-dealkylation sites (tertiary alicyclic amines) is 1. The number of nitrogens with one attached hydrogen (secondary N) is 1. The molecule has 1 aromatic heterocycles. The summed E-state index contributed by atoms with van der Waals surface area (Å²) < 4.78 is 1.53. The number of aromatic nitrogens is 3. The van der Waals surface area contributed by atoms with E-state index in [-0.39, 0.29) is 5.91 Å². The van der Waals surface area contributed by atoms with Crippen molar-refractivity contribution in [3.05, 3.63) is 11.9 Å². The van der Waals surface area contributed by atoms with E-state index in [9.17, 15) is 4.79 Å². The molecule has 0 atom stereocenters. The van der Waals surface area contributed by atoms with Crippen LogP contribution in [0.2, 0.25) is 0 Å². The highest BCUT2D eigenvalue weighted by Gasteiger charge is 2.11. The summed E-state index contributed by atoms with van der Waals surface area (Å²) >= 11 is 0. The molecule has 1 fully saturated rings. The van der Waals surface area contributed by atoms with Crippen LogP contribution in [-0.2, 0) is 7.05 Å². The molecule has 0 saturated carbocycles. The van der Waals surface area contributed by atoms with Crippen LogP contribution in [0.3, 0.4) is 0 Å². The normalized spacial score (nSPS) is 16.1. The Bertz CT molecular complexity index is 384. The summed E-state index contributed by atoms with van der Waals surface area (Å²) in [5.74, 6) is -0.135. The summed E-state index contributed by atoms with van der Waals surface area (Å²) in [7, 11) is 1.75. The number of carbonyl (C=O) groups is 1. The zero-order valence-corrected chi connectivity index (χ0v) is 10.9. The summed E-state index contributed by atoms with van der Waals surface area (Å²) in [6.45, 7) is 4.35. The van der Waals surface area contributed by atoms with Gasteiger partial charge in [0.05, 0.1) is 6.20 Å². The minimum absolute atomic E-state index is 0.135. The monoisotopic (exact) mass is 251 g/mol. The van der Waals surface area contributed by atoms with Gasteiger partial charge in [0.2, 0.25) is 0 Å². The van der Waals surface area contributed by atoms with Crippen LogP contribution in [0.1, 0.15) is 36.2 Å². The van der Waals surface area contributed by atoms with Gasteiger partial charge in [0.1, 0.15) is 0 Å². The molecule has 0 radical (unpaired) electrons. The van der Waals surface area contributed by atoms with E-state index in [0.29, 0.717) is 12.2 Å². The van der Waals surface area contributed by atoms with Crippen molar-refractivity contribution < 1.29 is 4.79 Å². The second-order valence-corrected chi connectivity index (χ2v) is 4.79. The number of carbonyl (C=O) groups excluding carboxylic acids is 1. The van der Waals surface area contributed by atoms with Crippen molar-refractivity contribution in [1.82, 2.24) is 25.2 Å². The third-order valence-electron chi connectivity index (χ3n) is 3.22. The molecule has 1 saturated heterocycles. The second-order valence-electron chi connectivity index (χ2n) is 4.79. The van der Waals surface area contributed by atoms with Gasteiger partial charge in [-0.2, -0.15) is 0 Å². The number of hydrogen-bond donors (Lipinski definition) is 1. The van der Waals surface area contributed by atoms with Crippen molar-refractivity contribution in [2.24, 2.45) is 7.05 Å². The van der Waals surface area contributed by atoms with Crippen molar-refractivity contribution in [2.75, 3.05) is 26.2 Å². The maximum absolute atomic E-state index is 11.6. The second kappa shape index (κ2) is 6.49. The van der Waals surface area contributed by atoms with Gasteiger partial charge in [-0.3, -0.25) is 9.48 Å². The lowest BCUT2D eigenvalue weighted by molar-refractivity contribution is 0.0947. The molecular weight excluding hydrogens is 230 g/mol. The quantitative estimate of drug-likeness (QED) is 0.744. The molecule has 6 heteroatoms. The first-order chi connectivity index (χ1) is 8.75. The summed E-state index contributed by atoms with van der Waals surface area (Å²) in [4.78, 5) is 14.1. The fourth-order valence-electron chi connectivity index (χ4n) is 2.21. The fraction of sp³-hybridized carbons (Fsp3) is 0.750.